The normalized spacial score (nSPS) is 10.3. The van der Waals surface area contributed by atoms with Crippen molar-refractivity contribution in [3.05, 3.63) is 50.6 Å². The van der Waals surface area contributed by atoms with Gasteiger partial charge in [0, 0.05) is 15.6 Å². The highest BCUT2D eigenvalue weighted by atomic mass is 127. The summed E-state index contributed by atoms with van der Waals surface area (Å²) in [5.74, 6) is 1.68. The molecule has 134 valence electrons. The first-order valence-corrected chi connectivity index (χ1v) is 8.97. The Labute approximate surface area is 166 Å². The van der Waals surface area contributed by atoms with Crippen LogP contribution in [0.2, 0.25) is 5.02 Å². The summed E-state index contributed by atoms with van der Waals surface area (Å²) in [6, 6.07) is 10.6. The van der Waals surface area contributed by atoms with Crippen LogP contribution in [0.4, 0.5) is 0 Å². The lowest BCUT2D eigenvalue weighted by Crippen LogP contribution is -2.31. The van der Waals surface area contributed by atoms with E-state index in [0.29, 0.717) is 41.0 Å². The number of ether oxygens (including phenoxy) is 3. The maximum atomic E-state index is 12.7. The van der Waals surface area contributed by atoms with E-state index in [4.69, 9.17) is 25.8 Å². The molecule has 0 saturated carbocycles. The number of hydrogen-bond acceptors (Lipinski definition) is 4. The molecule has 0 atom stereocenters. The molecule has 0 spiro atoms. The molecule has 0 N–H and O–H groups in total. The Balaban J connectivity index is 2.02. The summed E-state index contributed by atoms with van der Waals surface area (Å²) in [5, 5.41) is 0.613. The molecular weight excluding hydrogens is 457 g/mol. The van der Waals surface area contributed by atoms with Crippen LogP contribution in [-0.4, -0.2) is 45.2 Å². The van der Waals surface area contributed by atoms with E-state index in [1.807, 2.05) is 12.1 Å². The van der Waals surface area contributed by atoms with Crippen molar-refractivity contribution >= 4 is 40.1 Å². The third kappa shape index (κ3) is 5.15. The van der Waals surface area contributed by atoms with E-state index in [1.165, 1.54) is 0 Å². The number of benzene rings is 2. The summed E-state index contributed by atoms with van der Waals surface area (Å²) in [5.41, 5.74) is 0.559. The van der Waals surface area contributed by atoms with Crippen LogP contribution in [0.3, 0.4) is 0 Å². The second-order valence-corrected chi connectivity index (χ2v) is 6.82. The van der Waals surface area contributed by atoms with Crippen LogP contribution in [-0.2, 0) is 0 Å². The summed E-state index contributed by atoms with van der Waals surface area (Å²) in [6.45, 7) is 0.808. The maximum Gasteiger partial charge on any atom is 0.254 e. The average molecular weight is 476 g/mol. The van der Waals surface area contributed by atoms with Gasteiger partial charge in [-0.3, -0.25) is 4.79 Å². The topological polar surface area (TPSA) is 48.0 Å². The van der Waals surface area contributed by atoms with Crippen LogP contribution >= 0.6 is 34.2 Å². The third-order valence-electron chi connectivity index (χ3n) is 3.54. The zero-order valence-corrected chi connectivity index (χ0v) is 17.1. The van der Waals surface area contributed by atoms with Crippen molar-refractivity contribution in [1.82, 2.24) is 4.90 Å². The first kappa shape index (κ1) is 19.7. The molecule has 0 bridgehead atoms. The van der Waals surface area contributed by atoms with Gasteiger partial charge >= 0.3 is 0 Å². The Bertz CT molecular complexity index is 754. The Morgan fingerprint density at radius 2 is 1.84 bits per heavy atom. The number of amides is 1. The molecule has 5 nitrogen and oxygen atoms in total. The minimum absolute atomic E-state index is 0.111. The SMILES string of the molecule is COc1cc(I)c(C(=O)N(C)CCOc2cccc(Cl)c2)cc1OC. The van der Waals surface area contributed by atoms with Crippen molar-refractivity contribution in [3.63, 3.8) is 0 Å². The summed E-state index contributed by atoms with van der Waals surface area (Å²) in [6.07, 6.45) is 0. The predicted octanol–water partition coefficient (Wildman–Crippen LogP) is 4.11. The number of likely N-dealkylation sites (N-methyl/N-ethyl adjacent to an activating group) is 1. The minimum Gasteiger partial charge on any atom is -0.493 e. The van der Waals surface area contributed by atoms with E-state index in [-0.39, 0.29) is 5.91 Å². The van der Waals surface area contributed by atoms with Crippen LogP contribution in [0.15, 0.2) is 36.4 Å². The molecule has 0 aliphatic heterocycles. The van der Waals surface area contributed by atoms with Crippen molar-refractivity contribution in [2.75, 3.05) is 34.4 Å². The molecule has 1 amide bonds. The van der Waals surface area contributed by atoms with Crippen LogP contribution in [0.1, 0.15) is 10.4 Å². The quantitative estimate of drug-likeness (QED) is 0.566. The molecule has 25 heavy (non-hydrogen) atoms. The molecule has 0 saturated heterocycles. The van der Waals surface area contributed by atoms with Crippen molar-refractivity contribution in [3.8, 4) is 17.2 Å². The van der Waals surface area contributed by atoms with Gasteiger partial charge in [-0.1, -0.05) is 17.7 Å². The smallest absolute Gasteiger partial charge is 0.254 e. The fourth-order valence-electron chi connectivity index (χ4n) is 2.18. The van der Waals surface area contributed by atoms with Crippen LogP contribution in [0.5, 0.6) is 17.2 Å². The molecule has 0 radical (unpaired) electrons. The van der Waals surface area contributed by atoms with Crippen molar-refractivity contribution in [2.24, 2.45) is 0 Å². The van der Waals surface area contributed by atoms with Crippen molar-refractivity contribution in [1.29, 1.82) is 0 Å². The van der Waals surface area contributed by atoms with Crippen LogP contribution < -0.4 is 14.2 Å². The Morgan fingerprint density at radius 3 is 2.48 bits per heavy atom. The number of methoxy groups -OCH3 is 2. The maximum absolute atomic E-state index is 12.7. The zero-order chi connectivity index (χ0) is 18.4. The van der Waals surface area contributed by atoms with Crippen molar-refractivity contribution < 1.29 is 19.0 Å². The first-order chi connectivity index (χ1) is 12.0. The molecular formula is C18H19ClINO4. The van der Waals surface area contributed by atoms with Gasteiger partial charge in [0.25, 0.3) is 5.91 Å². The Hall–Kier alpha value is -1.67. The second-order valence-electron chi connectivity index (χ2n) is 5.22. The second kappa shape index (κ2) is 9.15. The Morgan fingerprint density at radius 1 is 1.16 bits per heavy atom. The number of nitrogens with zero attached hydrogens (tertiary/aromatic N) is 1. The number of carbonyl (C=O) groups excluding carboxylic acids is 1. The van der Waals surface area contributed by atoms with Gasteiger partial charge in [-0.2, -0.15) is 0 Å². The summed E-state index contributed by atoms with van der Waals surface area (Å²) >= 11 is 8.03. The summed E-state index contributed by atoms with van der Waals surface area (Å²) in [4.78, 5) is 14.3. The molecule has 2 aromatic rings. The van der Waals surface area contributed by atoms with Gasteiger partial charge in [-0.25, -0.2) is 0 Å². The molecule has 0 fully saturated rings. The van der Waals surface area contributed by atoms with Crippen LogP contribution in [0, 0.1) is 3.57 Å². The van der Waals surface area contributed by atoms with Crippen molar-refractivity contribution in [2.45, 2.75) is 0 Å². The zero-order valence-electron chi connectivity index (χ0n) is 14.2. The van der Waals surface area contributed by atoms with Gasteiger partial charge in [-0.15, -0.1) is 0 Å². The van der Waals surface area contributed by atoms with Gasteiger partial charge < -0.3 is 19.1 Å². The average Bonchev–Trinajstić information content (AvgIpc) is 2.60. The lowest BCUT2D eigenvalue weighted by Gasteiger charge is -2.19. The van der Waals surface area contributed by atoms with Gasteiger partial charge in [-0.05, 0) is 52.9 Å². The molecule has 0 heterocycles. The predicted molar refractivity (Wildman–Crippen MR) is 106 cm³/mol. The lowest BCUT2D eigenvalue weighted by atomic mass is 10.1. The number of carbonyl (C=O) groups is 1. The summed E-state index contributed by atoms with van der Waals surface area (Å²) < 4.78 is 17.0. The molecule has 0 aliphatic rings. The van der Waals surface area contributed by atoms with E-state index < -0.39 is 0 Å². The highest BCUT2D eigenvalue weighted by molar-refractivity contribution is 14.1. The highest BCUT2D eigenvalue weighted by Crippen LogP contribution is 2.31. The third-order valence-corrected chi connectivity index (χ3v) is 4.67. The first-order valence-electron chi connectivity index (χ1n) is 7.51. The minimum atomic E-state index is -0.111. The van der Waals surface area contributed by atoms with E-state index in [1.54, 1.807) is 50.4 Å². The number of hydrogen-bond donors (Lipinski definition) is 0. The number of halogens is 2. The summed E-state index contributed by atoms with van der Waals surface area (Å²) in [7, 11) is 4.84. The van der Waals surface area contributed by atoms with E-state index in [2.05, 4.69) is 22.6 Å². The molecule has 0 aromatic heterocycles. The molecule has 0 unspecified atom stereocenters. The molecule has 2 rings (SSSR count). The van der Waals surface area contributed by atoms with Gasteiger partial charge in [0.2, 0.25) is 0 Å². The standard InChI is InChI=1S/C18H19ClINO4/c1-21(7-8-25-13-6-4-5-12(19)9-13)18(22)14-10-16(23-2)17(24-3)11-15(14)20/h4-6,9-11H,7-8H2,1-3H3. The van der Waals surface area contributed by atoms with Gasteiger partial charge in [0.1, 0.15) is 12.4 Å². The number of rotatable bonds is 7. The highest BCUT2D eigenvalue weighted by Gasteiger charge is 2.18. The van der Waals surface area contributed by atoms with Gasteiger partial charge in [0.05, 0.1) is 26.3 Å². The monoisotopic (exact) mass is 475 g/mol. The van der Waals surface area contributed by atoms with E-state index in [9.17, 15) is 4.79 Å². The largest absolute Gasteiger partial charge is 0.493 e. The van der Waals surface area contributed by atoms with E-state index in [0.717, 1.165) is 3.57 Å². The molecule has 0 aliphatic carbocycles. The Kier molecular flexibility index (Phi) is 7.19. The van der Waals surface area contributed by atoms with E-state index >= 15 is 0 Å². The molecule has 2 aromatic carbocycles. The van der Waals surface area contributed by atoms with Gasteiger partial charge in [0.15, 0.2) is 11.5 Å². The molecule has 7 heteroatoms. The fraction of sp³-hybridized carbons (Fsp3) is 0.278. The van der Waals surface area contributed by atoms with Crippen LogP contribution in [0.25, 0.3) is 0 Å². The fourth-order valence-corrected chi connectivity index (χ4v) is 3.03. The lowest BCUT2D eigenvalue weighted by molar-refractivity contribution is 0.0772.